The third-order valence-corrected chi connectivity index (χ3v) is 2.72. The minimum Gasteiger partial charge on any atom is -0.460 e. The van der Waals surface area contributed by atoms with Crippen molar-refractivity contribution in [3.8, 4) is 0 Å². The fourth-order valence-corrected chi connectivity index (χ4v) is 1.77. The summed E-state index contributed by atoms with van der Waals surface area (Å²) in [6, 6.07) is 0. The number of carbonyl (C=O) groups is 2. The Hall–Kier alpha value is -0.800. The molecule has 86 valence electrons. The van der Waals surface area contributed by atoms with Gasteiger partial charge in [0.2, 0.25) is 12.1 Å². The lowest BCUT2D eigenvalue weighted by molar-refractivity contribution is -0.153. The molecule has 0 radical (unpaired) electrons. The van der Waals surface area contributed by atoms with E-state index in [2.05, 4.69) is 4.74 Å². The van der Waals surface area contributed by atoms with Gasteiger partial charge >= 0.3 is 13.8 Å². The minimum absolute atomic E-state index is 0.0406. The van der Waals surface area contributed by atoms with Gasteiger partial charge in [0.25, 0.3) is 0 Å². The van der Waals surface area contributed by atoms with Crippen LogP contribution in [0, 0.1) is 0 Å². The van der Waals surface area contributed by atoms with Crippen molar-refractivity contribution in [2.45, 2.75) is 20.3 Å². The Bertz CT molecular complexity index is 239. The van der Waals surface area contributed by atoms with Crippen LogP contribution in [0.1, 0.15) is 20.3 Å². The van der Waals surface area contributed by atoms with Crippen LogP contribution >= 0.6 is 7.80 Å². The second-order valence-electron chi connectivity index (χ2n) is 2.72. The average molecular weight is 235 g/mol. The molecule has 0 aromatic heterocycles. The lowest BCUT2D eigenvalue weighted by atomic mass is 10.3. The van der Waals surface area contributed by atoms with E-state index >= 15 is 0 Å². The van der Waals surface area contributed by atoms with E-state index in [9.17, 15) is 14.2 Å². The topological polar surface area (TPSA) is 69.7 Å². The first kappa shape index (κ1) is 14.2. The number of esters is 1. The third-order valence-electron chi connectivity index (χ3n) is 1.53. The molecule has 0 heterocycles. The first-order valence-electron chi connectivity index (χ1n) is 4.81. The van der Waals surface area contributed by atoms with Gasteiger partial charge in [-0.1, -0.05) is 4.57 Å². The molecule has 0 fully saturated rings. The van der Waals surface area contributed by atoms with Gasteiger partial charge in [-0.25, -0.2) is 4.79 Å². The van der Waals surface area contributed by atoms with Crippen LogP contribution in [0.2, 0.25) is 0 Å². The molecule has 0 rings (SSSR count). The summed E-state index contributed by atoms with van der Waals surface area (Å²) in [4.78, 5) is 21.9. The van der Waals surface area contributed by atoms with E-state index in [4.69, 9.17) is 4.74 Å². The van der Waals surface area contributed by atoms with Crippen molar-refractivity contribution >= 4 is 19.6 Å². The maximum absolute atomic E-state index is 11.2. The summed E-state index contributed by atoms with van der Waals surface area (Å²) >= 11 is 0. The lowest BCUT2D eigenvalue weighted by Gasteiger charge is -1.97. The fourth-order valence-electron chi connectivity index (χ4n) is 0.798. The van der Waals surface area contributed by atoms with E-state index in [0.717, 1.165) is 0 Å². The molecule has 0 bridgehead atoms. The van der Waals surface area contributed by atoms with Crippen LogP contribution in [-0.2, 0) is 23.6 Å². The monoisotopic (exact) mass is 235 g/mol. The summed E-state index contributed by atoms with van der Waals surface area (Å²) in [5, 5.41) is 0. The van der Waals surface area contributed by atoms with Crippen LogP contribution in [0.5, 0.6) is 0 Å². The van der Waals surface area contributed by atoms with E-state index in [1.165, 1.54) is 0 Å². The van der Waals surface area contributed by atoms with Gasteiger partial charge in [-0.15, -0.1) is 0 Å². The molecular formula is C9H16O5P+. The highest BCUT2D eigenvalue weighted by atomic mass is 31.1. The number of hydrogen-bond acceptors (Lipinski definition) is 5. The van der Waals surface area contributed by atoms with E-state index in [0.29, 0.717) is 6.61 Å². The first-order valence-corrected chi connectivity index (χ1v) is 6.44. The number of Topliss-reactive ketones (excluding diaryl/α,β-unsaturated/α-hetero) is 1. The maximum atomic E-state index is 11.2. The van der Waals surface area contributed by atoms with Crippen LogP contribution < -0.4 is 0 Å². The Morgan fingerprint density at radius 3 is 2.40 bits per heavy atom. The van der Waals surface area contributed by atoms with E-state index in [1.54, 1.807) is 13.8 Å². The van der Waals surface area contributed by atoms with Crippen molar-refractivity contribution in [3.05, 3.63) is 0 Å². The Morgan fingerprint density at radius 1 is 1.20 bits per heavy atom. The molecule has 1 unspecified atom stereocenters. The molecule has 0 N–H and O–H groups in total. The second kappa shape index (κ2) is 8.50. The van der Waals surface area contributed by atoms with Gasteiger partial charge in [-0.05, 0) is 13.8 Å². The summed E-state index contributed by atoms with van der Waals surface area (Å²) in [6.07, 6.45) is 0.274. The van der Waals surface area contributed by atoms with Crippen LogP contribution in [0.3, 0.4) is 0 Å². The molecule has 0 aliphatic rings. The van der Waals surface area contributed by atoms with Gasteiger partial charge in [-0.3, -0.25) is 4.79 Å². The van der Waals surface area contributed by atoms with Crippen molar-refractivity contribution in [1.29, 1.82) is 0 Å². The Kier molecular flexibility index (Phi) is 8.05. The summed E-state index contributed by atoms with van der Waals surface area (Å²) in [6.45, 7) is 4.09. The number of rotatable bonds is 8. The molecule has 0 aliphatic carbocycles. The van der Waals surface area contributed by atoms with Gasteiger partial charge in [0.05, 0.1) is 13.0 Å². The van der Waals surface area contributed by atoms with Gasteiger partial charge < -0.3 is 9.47 Å². The Balaban J connectivity index is 3.70. The average Bonchev–Trinajstić information content (AvgIpc) is 2.23. The largest absolute Gasteiger partial charge is 0.460 e. The van der Waals surface area contributed by atoms with E-state index in [1.807, 2.05) is 0 Å². The van der Waals surface area contributed by atoms with Crippen LogP contribution in [0.4, 0.5) is 0 Å². The number of carbonyl (C=O) groups excluding carboxylic acids is 2. The molecule has 0 aromatic rings. The highest BCUT2D eigenvalue weighted by Crippen LogP contribution is 2.21. The molecule has 6 heteroatoms. The van der Waals surface area contributed by atoms with Crippen molar-refractivity contribution in [3.63, 3.8) is 0 Å². The smallest absolute Gasteiger partial charge is 0.374 e. The zero-order valence-electron chi connectivity index (χ0n) is 9.02. The lowest BCUT2D eigenvalue weighted by Crippen LogP contribution is -2.17. The van der Waals surface area contributed by atoms with Crippen molar-refractivity contribution < 1.29 is 23.6 Å². The molecule has 0 saturated heterocycles. The molecule has 0 spiro atoms. The van der Waals surface area contributed by atoms with Crippen molar-refractivity contribution in [2.24, 2.45) is 0 Å². The zero-order valence-corrected chi connectivity index (χ0v) is 9.92. The van der Waals surface area contributed by atoms with Crippen LogP contribution in [0.15, 0.2) is 0 Å². The normalized spacial score (nSPS) is 10.9. The summed E-state index contributed by atoms with van der Waals surface area (Å²) < 4.78 is 20.6. The molecule has 0 aliphatic heterocycles. The number of hydrogen-bond donors (Lipinski definition) is 0. The standard InChI is InChI=1S/C9H16O5P/c1-3-13-7-15(12)6-5-8(10)9(11)14-4-2/h3-7H2,1-2H3/q+1. The predicted octanol–water partition coefficient (Wildman–Crippen LogP) is 1.33. The van der Waals surface area contributed by atoms with Crippen LogP contribution in [-0.4, -0.2) is 37.5 Å². The van der Waals surface area contributed by atoms with Gasteiger partial charge in [0.15, 0.2) is 6.16 Å². The van der Waals surface area contributed by atoms with Gasteiger partial charge in [0.1, 0.15) is 0 Å². The number of ether oxygens (including phenoxy) is 2. The number of ketones is 1. The zero-order chi connectivity index (χ0) is 11.7. The summed E-state index contributed by atoms with van der Waals surface area (Å²) in [5.41, 5.74) is 0. The summed E-state index contributed by atoms with van der Waals surface area (Å²) in [5.74, 6) is -1.48. The highest BCUT2D eigenvalue weighted by molar-refractivity contribution is 7.44. The van der Waals surface area contributed by atoms with Crippen molar-refractivity contribution in [1.82, 2.24) is 0 Å². The summed E-state index contributed by atoms with van der Waals surface area (Å²) in [7, 11) is -1.55. The quantitative estimate of drug-likeness (QED) is 0.360. The molecule has 1 atom stereocenters. The Morgan fingerprint density at radius 2 is 1.87 bits per heavy atom. The predicted molar refractivity (Wildman–Crippen MR) is 55.2 cm³/mol. The first-order chi connectivity index (χ1) is 7.11. The van der Waals surface area contributed by atoms with Crippen molar-refractivity contribution in [2.75, 3.05) is 25.7 Å². The van der Waals surface area contributed by atoms with E-state index < -0.39 is 19.6 Å². The molecular weight excluding hydrogens is 219 g/mol. The van der Waals surface area contributed by atoms with Gasteiger partial charge in [-0.2, -0.15) is 0 Å². The maximum Gasteiger partial charge on any atom is 0.374 e. The molecule has 15 heavy (non-hydrogen) atoms. The molecule has 5 nitrogen and oxygen atoms in total. The van der Waals surface area contributed by atoms with Crippen LogP contribution in [0.25, 0.3) is 0 Å². The molecule has 0 aromatic carbocycles. The second-order valence-corrected chi connectivity index (χ2v) is 4.39. The molecule has 0 saturated carbocycles. The molecule has 0 amide bonds. The minimum atomic E-state index is -1.55. The SMILES string of the molecule is CCOC[P+](=O)CCC(=O)C(=O)OCC. The Labute approximate surface area is 89.9 Å². The fraction of sp³-hybridized carbons (Fsp3) is 0.778. The third kappa shape index (κ3) is 7.17. The van der Waals surface area contributed by atoms with E-state index in [-0.39, 0.29) is 25.5 Å². The van der Waals surface area contributed by atoms with Gasteiger partial charge in [0, 0.05) is 6.61 Å². The highest BCUT2D eigenvalue weighted by Gasteiger charge is 2.21.